The van der Waals surface area contributed by atoms with Crippen LogP contribution in [0.15, 0.2) is 48.5 Å². The van der Waals surface area contributed by atoms with Crippen molar-refractivity contribution in [1.82, 2.24) is 10.2 Å². The molecule has 0 bridgehead atoms. The fourth-order valence-corrected chi connectivity index (χ4v) is 5.02. The maximum Gasteiger partial charge on any atom is 0.407 e. The smallest absolute Gasteiger partial charge is 0.407 e. The van der Waals surface area contributed by atoms with Gasteiger partial charge in [0.05, 0.1) is 19.3 Å². The molecule has 3 unspecified atom stereocenters. The molecule has 35 heavy (non-hydrogen) atoms. The van der Waals surface area contributed by atoms with Crippen LogP contribution in [-0.2, 0) is 19.1 Å². The van der Waals surface area contributed by atoms with Crippen molar-refractivity contribution in [2.75, 3.05) is 26.9 Å². The quantitative estimate of drug-likeness (QED) is 0.568. The van der Waals surface area contributed by atoms with E-state index < -0.39 is 30.1 Å². The van der Waals surface area contributed by atoms with Gasteiger partial charge < -0.3 is 24.8 Å². The number of carbonyl (C=O) groups excluding carboxylic acids is 2. The first-order valence-electron chi connectivity index (χ1n) is 12.1. The summed E-state index contributed by atoms with van der Waals surface area (Å²) in [5.74, 6) is -2.20. The summed E-state index contributed by atoms with van der Waals surface area (Å²) in [5, 5.41) is 12.2. The summed E-state index contributed by atoms with van der Waals surface area (Å²) in [6.45, 7) is 2.38. The molecule has 2 aliphatic rings. The van der Waals surface area contributed by atoms with Gasteiger partial charge in [-0.25, -0.2) is 4.79 Å². The lowest BCUT2D eigenvalue weighted by Gasteiger charge is -2.30. The van der Waals surface area contributed by atoms with Gasteiger partial charge in [0.25, 0.3) is 0 Å². The molecule has 1 heterocycles. The van der Waals surface area contributed by atoms with E-state index in [0.717, 1.165) is 35.1 Å². The minimum Gasteiger partial charge on any atom is -0.481 e. The number of nitrogens with one attached hydrogen (secondary N) is 1. The average molecular weight is 481 g/mol. The molecule has 0 saturated carbocycles. The summed E-state index contributed by atoms with van der Waals surface area (Å²) in [4.78, 5) is 39.0. The van der Waals surface area contributed by atoms with Crippen molar-refractivity contribution in [2.45, 2.75) is 44.2 Å². The van der Waals surface area contributed by atoms with Crippen molar-refractivity contribution < 1.29 is 29.0 Å². The maximum atomic E-state index is 13.2. The van der Waals surface area contributed by atoms with E-state index in [9.17, 15) is 19.5 Å². The molecule has 1 fully saturated rings. The summed E-state index contributed by atoms with van der Waals surface area (Å²) < 4.78 is 10.9. The zero-order chi connectivity index (χ0) is 24.9. The molecule has 0 spiro atoms. The largest absolute Gasteiger partial charge is 0.481 e. The highest BCUT2D eigenvalue weighted by atomic mass is 16.5. The lowest BCUT2D eigenvalue weighted by atomic mass is 9.98. The number of rotatable bonds is 9. The Kier molecular flexibility index (Phi) is 7.70. The highest BCUT2D eigenvalue weighted by molar-refractivity contribution is 5.86. The van der Waals surface area contributed by atoms with E-state index in [0.29, 0.717) is 6.42 Å². The number of nitrogens with zero attached hydrogens (tertiary/aromatic N) is 1. The fraction of sp³-hybridized carbons (Fsp3) is 0.444. The van der Waals surface area contributed by atoms with E-state index in [1.54, 1.807) is 7.05 Å². The van der Waals surface area contributed by atoms with Crippen molar-refractivity contribution in [1.29, 1.82) is 0 Å². The zero-order valence-electron chi connectivity index (χ0n) is 20.1. The molecule has 186 valence electrons. The third-order valence-corrected chi connectivity index (χ3v) is 6.99. The molecular formula is C27H32N2O6. The Balaban J connectivity index is 1.42. The number of hydrogen-bond acceptors (Lipinski definition) is 5. The number of carbonyl (C=O) groups is 3. The van der Waals surface area contributed by atoms with Gasteiger partial charge in [-0.1, -0.05) is 68.3 Å². The molecule has 0 radical (unpaired) electrons. The molecule has 1 aliphatic heterocycles. The Labute approximate surface area is 205 Å². The monoisotopic (exact) mass is 480 g/mol. The number of ether oxygens (including phenoxy) is 2. The molecule has 2 aromatic rings. The van der Waals surface area contributed by atoms with E-state index in [4.69, 9.17) is 9.47 Å². The first-order chi connectivity index (χ1) is 16.9. The molecule has 4 rings (SSSR count). The normalized spacial score (nSPS) is 19.5. The molecular weight excluding hydrogens is 448 g/mol. The number of fused-ring (bicyclic) bond motifs is 3. The molecule has 8 heteroatoms. The first kappa shape index (κ1) is 24.7. The van der Waals surface area contributed by atoms with Crippen molar-refractivity contribution in [3.63, 3.8) is 0 Å². The average Bonchev–Trinajstić information content (AvgIpc) is 3.48. The van der Waals surface area contributed by atoms with E-state index in [1.165, 1.54) is 4.90 Å². The summed E-state index contributed by atoms with van der Waals surface area (Å²) in [6.07, 6.45) is 1.36. The number of aliphatic carboxylic acids is 1. The van der Waals surface area contributed by atoms with E-state index in [1.807, 2.05) is 43.3 Å². The SMILES string of the molecule is CCCCC(NC(=O)OCC1c2ccccc2-c2ccccc21)C(=O)N(C)C1COCC1C(=O)O. The van der Waals surface area contributed by atoms with Gasteiger partial charge in [-0.2, -0.15) is 0 Å². The second kappa shape index (κ2) is 10.9. The minimum absolute atomic E-state index is 0.0665. The summed E-state index contributed by atoms with van der Waals surface area (Å²) >= 11 is 0. The molecule has 2 N–H and O–H groups in total. The Morgan fingerprint density at radius 2 is 1.71 bits per heavy atom. The van der Waals surface area contributed by atoms with Crippen LogP contribution in [0.25, 0.3) is 11.1 Å². The van der Waals surface area contributed by atoms with Crippen molar-refractivity contribution in [3.8, 4) is 11.1 Å². The number of amides is 2. The number of unbranched alkanes of at least 4 members (excludes halogenated alkanes) is 1. The minimum atomic E-state index is -0.998. The molecule has 1 aliphatic carbocycles. The van der Waals surface area contributed by atoms with Crippen LogP contribution < -0.4 is 5.32 Å². The lowest BCUT2D eigenvalue weighted by molar-refractivity contribution is -0.145. The zero-order valence-corrected chi connectivity index (χ0v) is 20.1. The van der Waals surface area contributed by atoms with Crippen LogP contribution in [-0.4, -0.2) is 66.9 Å². The van der Waals surface area contributed by atoms with Crippen molar-refractivity contribution in [3.05, 3.63) is 59.7 Å². The van der Waals surface area contributed by atoms with Crippen LogP contribution in [0.3, 0.4) is 0 Å². The Morgan fingerprint density at radius 1 is 1.09 bits per heavy atom. The van der Waals surface area contributed by atoms with Crippen molar-refractivity contribution in [2.24, 2.45) is 5.92 Å². The van der Waals surface area contributed by atoms with Crippen LogP contribution in [0.5, 0.6) is 0 Å². The Bertz CT molecular complexity index is 1040. The van der Waals surface area contributed by atoms with Crippen molar-refractivity contribution >= 4 is 18.0 Å². The summed E-state index contributed by atoms with van der Waals surface area (Å²) in [6, 6.07) is 14.8. The van der Waals surface area contributed by atoms with Crippen LogP contribution in [0.1, 0.15) is 43.2 Å². The van der Waals surface area contributed by atoms with Gasteiger partial charge in [0, 0.05) is 13.0 Å². The number of alkyl carbamates (subject to hydrolysis) is 1. The lowest BCUT2D eigenvalue weighted by Crippen LogP contribution is -2.53. The van der Waals surface area contributed by atoms with Crippen LogP contribution in [0, 0.1) is 5.92 Å². The summed E-state index contributed by atoms with van der Waals surface area (Å²) in [5.41, 5.74) is 4.50. The number of benzene rings is 2. The van der Waals surface area contributed by atoms with Crippen LogP contribution >= 0.6 is 0 Å². The molecule has 3 atom stereocenters. The van der Waals surface area contributed by atoms with E-state index >= 15 is 0 Å². The maximum absolute atomic E-state index is 13.2. The molecule has 0 aromatic heterocycles. The number of likely N-dealkylation sites (N-methyl/N-ethyl adjacent to an activating group) is 1. The summed E-state index contributed by atoms with van der Waals surface area (Å²) in [7, 11) is 1.57. The van der Waals surface area contributed by atoms with Gasteiger partial charge in [0.1, 0.15) is 18.6 Å². The predicted molar refractivity (Wildman–Crippen MR) is 130 cm³/mol. The van der Waals surface area contributed by atoms with Gasteiger partial charge in [0.15, 0.2) is 0 Å². The standard InChI is InChI=1S/C27H32N2O6/c1-3-4-13-23(25(30)29(2)24-16-34-14-22(24)26(31)32)28-27(33)35-15-21-19-11-7-5-9-17(19)18-10-6-8-12-20(18)21/h5-12,21-24H,3-4,13-16H2,1-2H3,(H,28,33)(H,31,32). The predicted octanol–water partition coefficient (Wildman–Crippen LogP) is 3.64. The highest BCUT2D eigenvalue weighted by Gasteiger charge is 2.40. The van der Waals surface area contributed by atoms with Crippen LogP contribution in [0.2, 0.25) is 0 Å². The van der Waals surface area contributed by atoms with Crippen LogP contribution in [0.4, 0.5) is 4.79 Å². The topological polar surface area (TPSA) is 105 Å². The third-order valence-electron chi connectivity index (χ3n) is 6.99. The second-order valence-electron chi connectivity index (χ2n) is 9.16. The Morgan fingerprint density at radius 3 is 2.31 bits per heavy atom. The first-order valence-corrected chi connectivity index (χ1v) is 12.1. The molecule has 8 nitrogen and oxygen atoms in total. The van der Waals surface area contributed by atoms with E-state index in [2.05, 4.69) is 17.4 Å². The van der Waals surface area contributed by atoms with Gasteiger partial charge in [0.2, 0.25) is 5.91 Å². The van der Waals surface area contributed by atoms with Gasteiger partial charge in [-0.05, 0) is 28.7 Å². The Hall–Kier alpha value is -3.39. The van der Waals surface area contributed by atoms with E-state index in [-0.39, 0.29) is 31.6 Å². The fourth-order valence-electron chi connectivity index (χ4n) is 5.02. The molecule has 2 amide bonds. The van der Waals surface area contributed by atoms with Gasteiger partial charge in [-0.3, -0.25) is 9.59 Å². The number of carboxylic acids is 1. The number of hydrogen-bond donors (Lipinski definition) is 2. The molecule has 1 saturated heterocycles. The highest BCUT2D eigenvalue weighted by Crippen LogP contribution is 2.44. The number of carboxylic acid groups (broad SMARTS) is 1. The second-order valence-corrected chi connectivity index (χ2v) is 9.16. The third kappa shape index (κ3) is 5.17. The molecule has 2 aromatic carbocycles. The van der Waals surface area contributed by atoms with Gasteiger partial charge in [-0.15, -0.1) is 0 Å². The van der Waals surface area contributed by atoms with Gasteiger partial charge >= 0.3 is 12.1 Å².